The molecule has 0 atom stereocenters. The van der Waals surface area contributed by atoms with Gasteiger partial charge in [-0.15, -0.1) is 0 Å². The Morgan fingerprint density at radius 2 is 1.75 bits per heavy atom. The molecule has 0 heterocycles. The minimum absolute atomic E-state index is 0.0590. The first-order chi connectivity index (χ1) is 5.45. The van der Waals surface area contributed by atoms with Gasteiger partial charge in [0, 0.05) is 12.1 Å². The van der Waals surface area contributed by atoms with Crippen molar-refractivity contribution >= 4 is 5.91 Å². The summed E-state index contributed by atoms with van der Waals surface area (Å²) >= 11 is 0. The summed E-state index contributed by atoms with van der Waals surface area (Å²) in [6.45, 7) is 10.7. The van der Waals surface area contributed by atoms with Crippen molar-refractivity contribution in [2.75, 3.05) is 6.54 Å². The highest BCUT2D eigenvalue weighted by atomic mass is 16.1. The Labute approximate surface area is 75.0 Å². The molecule has 0 saturated heterocycles. The van der Waals surface area contributed by atoms with E-state index in [1.165, 1.54) is 0 Å². The maximum absolute atomic E-state index is 11.3. The van der Waals surface area contributed by atoms with Crippen molar-refractivity contribution in [3.63, 3.8) is 0 Å². The van der Waals surface area contributed by atoms with E-state index in [-0.39, 0.29) is 5.91 Å². The summed E-state index contributed by atoms with van der Waals surface area (Å²) in [6, 6.07) is 0. The van der Waals surface area contributed by atoms with Crippen molar-refractivity contribution in [1.29, 1.82) is 0 Å². The van der Waals surface area contributed by atoms with Crippen LogP contribution in [-0.4, -0.2) is 12.5 Å². The van der Waals surface area contributed by atoms with Crippen molar-refractivity contribution in [2.45, 2.75) is 34.6 Å². The topological polar surface area (TPSA) is 29.1 Å². The lowest BCUT2D eigenvalue weighted by Crippen LogP contribution is -2.28. The molecule has 0 aromatic carbocycles. The van der Waals surface area contributed by atoms with Crippen LogP contribution < -0.4 is 5.32 Å². The van der Waals surface area contributed by atoms with Gasteiger partial charge in [-0.1, -0.05) is 19.4 Å². The van der Waals surface area contributed by atoms with Crippen molar-refractivity contribution < 1.29 is 4.79 Å². The molecule has 1 amide bonds. The molecule has 0 spiro atoms. The van der Waals surface area contributed by atoms with Crippen LogP contribution in [0.25, 0.3) is 0 Å². The number of hydrogen-bond donors (Lipinski definition) is 1. The lowest BCUT2D eigenvalue weighted by atomic mass is 10.1. The molecule has 0 aromatic heterocycles. The van der Waals surface area contributed by atoms with Crippen LogP contribution in [0.2, 0.25) is 0 Å². The number of carbonyl (C=O) groups is 1. The molecule has 0 rings (SSSR count). The highest BCUT2D eigenvalue weighted by Gasteiger charge is 2.04. The number of amides is 1. The van der Waals surface area contributed by atoms with E-state index in [9.17, 15) is 4.79 Å². The first-order valence-corrected chi connectivity index (χ1v) is 4.37. The predicted octanol–water partition coefficient (Wildman–Crippen LogP) is 2.11. The van der Waals surface area contributed by atoms with Crippen molar-refractivity contribution in [3.05, 3.63) is 11.1 Å². The van der Waals surface area contributed by atoms with Gasteiger partial charge >= 0.3 is 0 Å². The molecule has 0 radical (unpaired) electrons. The zero-order valence-electron chi connectivity index (χ0n) is 8.69. The van der Waals surface area contributed by atoms with Crippen LogP contribution in [0, 0.1) is 5.92 Å². The third-order valence-corrected chi connectivity index (χ3v) is 1.76. The van der Waals surface area contributed by atoms with Crippen LogP contribution in [-0.2, 0) is 4.79 Å². The van der Waals surface area contributed by atoms with Crippen molar-refractivity contribution in [2.24, 2.45) is 5.92 Å². The molecule has 0 aromatic rings. The first kappa shape index (κ1) is 11.2. The van der Waals surface area contributed by atoms with E-state index >= 15 is 0 Å². The Morgan fingerprint density at radius 3 is 2.08 bits per heavy atom. The highest BCUT2D eigenvalue weighted by Crippen LogP contribution is 2.01. The van der Waals surface area contributed by atoms with Crippen LogP contribution in [0.15, 0.2) is 11.1 Å². The summed E-state index contributed by atoms with van der Waals surface area (Å²) < 4.78 is 0. The second kappa shape index (κ2) is 4.96. The fourth-order valence-corrected chi connectivity index (χ4v) is 0.656. The Balaban J connectivity index is 3.98. The molecule has 0 saturated carbocycles. The largest absolute Gasteiger partial charge is 0.352 e. The van der Waals surface area contributed by atoms with Crippen LogP contribution in [0.5, 0.6) is 0 Å². The quantitative estimate of drug-likeness (QED) is 0.644. The Hall–Kier alpha value is -0.790. The zero-order valence-corrected chi connectivity index (χ0v) is 8.69. The van der Waals surface area contributed by atoms with Gasteiger partial charge in [-0.05, 0) is 26.7 Å². The van der Waals surface area contributed by atoms with Gasteiger partial charge in [0.25, 0.3) is 0 Å². The normalized spacial score (nSPS) is 9.83. The van der Waals surface area contributed by atoms with Crippen LogP contribution in [0.3, 0.4) is 0 Å². The molecule has 0 unspecified atom stereocenters. The second-order valence-corrected chi connectivity index (χ2v) is 3.73. The number of allylic oxidation sites excluding steroid dienone is 1. The van der Waals surface area contributed by atoms with E-state index in [0.29, 0.717) is 5.92 Å². The Morgan fingerprint density at radius 1 is 1.25 bits per heavy atom. The number of carbonyl (C=O) groups excluding carboxylic acids is 1. The van der Waals surface area contributed by atoms with E-state index < -0.39 is 0 Å². The zero-order chi connectivity index (χ0) is 9.72. The van der Waals surface area contributed by atoms with Crippen LogP contribution >= 0.6 is 0 Å². The van der Waals surface area contributed by atoms with Crippen LogP contribution in [0.4, 0.5) is 0 Å². The smallest absolute Gasteiger partial charge is 0.246 e. The summed E-state index contributed by atoms with van der Waals surface area (Å²) in [5, 5.41) is 2.87. The van der Waals surface area contributed by atoms with Gasteiger partial charge in [0.15, 0.2) is 0 Å². The third-order valence-electron chi connectivity index (χ3n) is 1.76. The molecule has 12 heavy (non-hydrogen) atoms. The van der Waals surface area contributed by atoms with Gasteiger partial charge in [0.1, 0.15) is 0 Å². The fraction of sp³-hybridized carbons (Fsp3) is 0.700. The van der Waals surface area contributed by atoms with Crippen molar-refractivity contribution in [3.8, 4) is 0 Å². The number of nitrogens with one attached hydrogen (secondary N) is 1. The molecule has 2 heteroatoms. The van der Waals surface area contributed by atoms with E-state index in [1.807, 2.05) is 20.8 Å². The lowest BCUT2D eigenvalue weighted by molar-refractivity contribution is -0.117. The Kier molecular flexibility index (Phi) is 4.64. The highest BCUT2D eigenvalue weighted by molar-refractivity contribution is 5.93. The number of hydrogen-bond acceptors (Lipinski definition) is 1. The molecule has 1 N–H and O–H groups in total. The van der Waals surface area contributed by atoms with Gasteiger partial charge in [0.2, 0.25) is 5.91 Å². The SMILES string of the molecule is CC(C)=C(C)C(=O)NCC(C)C. The average Bonchev–Trinajstić information content (AvgIpc) is 1.98. The summed E-state index contributed by atoms with van der Waals surface area (Å²) in [7, 11) is 0. The van der Waals surface area contributed by atoms with Gasteiger partial charge in [-0.25, -0.2) is 0 Å². The molecule has 0 aliphatic rings. The maximum atomic E-state index is 11.3. The van der Waals surface area contributed by atoms with Gasteiger partial charge in [-0.3, -0.25) is 4.79 Å². The molecule has 0 aliphatic heterocycles. The Bertz CT molecular complexity index is 188. The molecule has 70 valence electrons. The molecular formula is C10H19NO. The van der Waals surface area contributed by atoms with E-state index in [0.717, 1.165) is 17.7 Å². The third kappa shape index (κ3) is 4.16. The molecule has 0 aliphatic carbocycles. The molecular weight excluding hydrogens is 150 g/mol. The van der Waals surface area contributed by atoms with Gasteiger partial charge in [0.05, 0.1) is 0 Å². The minimum Gasteiger partial charge on any atom is -0.352 e. The summed E-state index contributed by atoms with van der Waals surface area (Å²) in [6.07, 6.45) is 0. The molecule has 0 fully saturated rings. The van der Waals surface area contributed by atoms with E-state index in [1.54, 1.807) is 0 Å². The van der Waals surface area contributed by atoms with Gasteiger partial charge in [-0.2, -0.15) is 0 Å². The summed E-state index contributed by atoms with van der Waals surface area (Å²) in [4.78, 5) is 11.3. The maximum Gasteiger partial charge on any atom is 0.246 e. The second-order valence-electron chi connectivity index (χ2n) is 3.73. The predicted molar refractivity (Wildman–Crippen MR) is 51.9 cm³/mol. The minimum atomic E-state index is 0.0590. The molecule has 2 nitrogen and oxygen atoms in total. The summed E-state index contributed by atoms with van der Waals surface area (Å²) in [5.41, 5.74) is 1.91. The van der Waals surface area contributed by atoms with E-state index in [2.05, 4.69) is 19.2 Å². The monoisotopic (exact) mass is 169 g/mol. The van der Waals surface area contributed by atoms with Crippen molar-refractivity contribution in [1.82, 2.24) is 5.32 Å². The molecule has 0 bridgehead atoms. The summed E-state index contributed by atoms with van der Waals surface area (Å²) in [5.74, 6) is 0.572. The lowest BCUT2D eigenvalue weighted by Gasteiger charge is -2.08. The standard InChI is InChI=1S/C10H19NO/c1-7(2)6-11-10(12)9(5)8(3)4/h7H,6H2,1-5H3,(H,11,12). The fourth-order valence-electron chi connectivity index (χ4n) is 0.656. The first-order valence-electron chi connectivity index (χ1n) is 4.37. The van der Waals surface area contributed by atoms with Gasteiger partial charge < -0.3 is 5.32 Å². The average molecular weight is 169 g/mol. The van der Waals surface area contributed by atoms with E-state index in [4.69, 9.17) is 0 Å². The van der Waals surface area contributed by atoms with Crippen LogP contribution in [0.1, 0.15) is 34.6 Å². The number of rotatable bonds is 3.